The first-order valence-corrected chi connectivity index (χ1v) is 23.8. The van der Waals surface area contributed by atoms with E-state index in [1.165, 1.54) is 0 Å². The Morgan fingerprint density at radius 1 is 0.492 bits per heavy atom. The van der Waals surface area contributed by atoms with Gasteiger partial charge < -0.3 is 39.9 Å². The van der Waals surface area contributed by atoms with E-state index >= 15 is 0 Å². The number of unbranched alkanes of at least 4 members (excludes halogenated alkanes) is 2. The molecule has 0 heterocycles. The number of hydrogen-bond acceptors (Lipinski definition) is 12. The summed E-state index contributed by atoms with van der Waals surface area (Å²) in [5.41, 5.74) is 0. The molecule has 0 bridgehead atoms. The summed E-state index contributed by atoms with van der Waals surface area (Å²) < 4.78 is 33.4. The molecule has 6 unspecified atom stereocenters. The van der Waals surface area contributed by atoms with Crippen molar-refractivity contribution < 1.29 is 63.1 Å². The van der Waals surface area contributed by atoms with Crippen molar-refractivity contribution in [2.45, 2.75) is 159 Å². The minimum absolute atomic E-state index is 0.00213. The van der Waals surface area contributed by atoms with Crippen LogP contribution >= 0.6 is 7.82 Å². The first-order chi connectivity index (χ1) is 30.4. The maximum atomic E-state index is 12.8. The molecule has 0 aromatic carbocycles. The number of rotatable bonds is 34. The highest BCUT2D eigenvalue weighted by Gasteiger charge is 2.51. The molecule has 1 aliphatic rings. The number of phosphoric ester groups is 1. The Kier molecular flexibility index (Phi) is 34.2. The summed E-state index contributed by atoms with van der Waals surface area (Å²) in [7, 11) is -5.16. The second kappa shape index (κ2) is 37.6. The van der Waals surface area contributed by atoms with Gasteiger partial charge in [0, 0.05) is 12.8 Å². The predicted octanol–water partition coefficient (Wildman–Crippen LogP) is 8.61. The Morgan fingerprint density at radius 2 is 0.825 bits per heavy atom. The Labute approximate surface area is 375 Å². The van der Waals surface area contributed by atoms with Crippen LogP contribution in [0.25, 0.3) is 0 Å². The second-order valence-electron chi connectivity index (χ2n) is 14.8. The number of allylic oxidation sites excluding steroid dienone is 20. The van der Waals surface area contributed by atoms with Crippen molar-refractivity contribution in [1.29, 1.82) is 0 Å². The average Bonchev–Trinajstić information content (AvgIpc) is 3.26. The molecule has 63 heavy (non-hydrogen) atoms. The van der Waals surface area contributed by atoms with E-state index in [1.54, 1.807) is 0 Å². The van der Waals surface area contributed by atoms with Crippen LogP contribution in [0, 0.1) is 0 Å². The molecule has 0 aromatic heterocycles. The summed E-state index contributed by atoms with van der Waals surface area (Å²) in [6, 6.07) is 0. The molecule has 0 aromatic rings. The first kappa shape index (κ1) is 57.3. The third-order valence-electron chi connectivity index (χ3n) is 9.30. The monoisotopic (exact) mass is 902 g/mol. The largest absolute Gasteiger partial charge is 0.472 e. The van der Waals surface area contributed by atoms with Gasteiger partial charge >= 0.3 is 19.8 Å². The maximum absolute atomic E-state index is 12.8. The van der Waals surface area contributed by atoms with E-state index < -0.39 is 75.7 Å². The second-order valence-corrected chi connectivity index (χ2v) is 16.2. The first-order valence-electron chi connectivity index (χ1n) is 22.3. The molecule has 1 aliphatic carbocycles. The molecular weight excluding hydrogens is 827 g/mol. The van der Waals surface area contributed by atoms with Crippen LogP contribution in [0.4, 0.5) is 0 Å². The maximum Gasteiger partial charge on any atom is 0.472 e. The van der Waals surface area contributed by atoms with E-state index in [-0.39, 0.29) is 12.8 Å². The number of carbonyl (C=O) groups excluding carboxylic acids is 2. The smallest absolute Gasteiger partial charge is 0.462 e. The van der Waals surface area contributed by atoms with Gasteiger partial charge in [-0.3, -0.25) is 18.6 Å². The number of aliphatic hydroxyl groups is 5. The van der Waals surface area contributed by atoms with Gasteiger partial charge in [0.25, 0.3) is 0 Å². The molecular formula is C49H75O13P. The number of aliphatic hydroxyl groups excluding tert-OH is 5. The van der Waals surface area contributed by atoms with Crippen LogP contribution in [0.5, 0.6) is 0 Å². The number of phosphoric acid groups is 1. The fraction of sp³-hybridized carbons (Fsp3) is 0.551. The SMILES string of the molecule is CC/C=C\C/C=C\C/C=C\C/C=C\C/C=C\CCCC(=O)OC[C@H](COP(=O)(O)OC1C(O)C(O)C(O)[C@@H](O)C1O)OC(=O)CCC/C=C\C/C=C\C/C=C\C/C=C\C/C=C\CC. The lowest BCUT2D eigenvalue weighted by Gasteiger charge is -2.41. The van der Waals surface area contributed by atoms with Crippen LogP contribution in [0.1, 0.15) is 117 Å². The molecule has 0 spiro atoms. The van der Waals surface area contributed by atoms with Crippen LogP contribution in [0.2, 0.25) is 0 Å². The number of ether oxygens (including phenoxy) is 2. The van der Waals surface area contributed by atoms with Gasteiger partial charge in [0.1, 0.15) is 43.2 Å². The zero-order valence-corrected chi connectivity index (χ0v) is 38.2. The van der Waals surface area contributed by atoms with Gasteiger partial charge in [0.15, 0.2) is 6.10 Å². The minimum atomic E-state index is -5.16. The summed E-state index contributed by atoms with van der Waals surface area (Å²) in [5, 5.41) is 50.1. The highest BCUT2D eigenvalue weighted by Crippen LogP contribution is 2.47. The topological polar surface area (TPSA) is 210 Å². The van der Waals surface area contributed by atoms with Crippen molar-refractivity contribution in [2.24, 2.45) is 0 Å². The molecule has 0 saturated heterocycles. The lowest BCUT2D eigenvalue weighted by atomic mass is 9.85. The highest BCUT2D eigenvalue weighted by atomic mass is 31.2. The molecule has 14 heteroatoms. The third kappa shape index (κ3) is 30.1. The van der Waals surface area contributed by atoms with Gasteiger partial charge in [-0.05, 0) is 89.9 Å². The Balaban J connectivity index is 2.58. The van der Waals surface area contributed by atoms with Crippen molar-refractivity contribution in [3.8, 4) is 0 Å². The Morgan fingerprint density at radius 3 is 1.21 bits per heavy atom. The lowest BCUT2D eigenvalue weighted by Crippen LogP contribution is -2.64. The zero-order chi connectivity index (χ0) is 46.4. The summed E-state index contributed by atoms with van der Waals surface area (Å²) >= 11 is 0. The molecule has 354 valence electrons. The van der Waals surface area contributed by atoms with Crippen LogP contribution in [-0.4, -0.2) is 98.3 Å². The van der Waals surface area contributed by atoms with Gasteiger partial charge in [0.05, 0.1) is 6.61 Å². The van der Waals surface area contributed by atoms with Crippen molar-refractivity contribution in [1.82, 2.24) is 0 Å². The van der Waals surface area contributed by atoms with Crippen LogP contribution in [0.3, 0.4) is 0 Å². The van der Waals surface area contributed by atoms with Gasteiger partial charge in [-0.15, -0.1) is 0 Å². The summed E-state index contributed by atoms with van der Waals surface area (Å²) in [4.78, 5) is 35.6. The normalized spacial score (nSPS) is 22.9. The zero-order valence-electron chi connectivity index (χ0n) is 37.3. The van der Waals surface area contributed by atoms with Crippen molar-refractivity contribution in [3.05, 3.63) is 122 Å². The average molecular weight is 903 g/mol. The summed E-state index contributed by atoms with van der Waals surface area (Å²) in [6.45, 7) is 2.95. The lowest BCUT2D eigenvalue weighted by molar-refractivity contribution is -0.220. The van der Waals surface area contributed by atoms with Gasteiger partial charge in [-0.1, -0.05) is 135 Å². The number of carbonyl (C=O) groups is 2. The minimum Gasteiger partial charge on any atom is -0.462 e. The van der Waals surface area contributed by atoms with E-state index in [0.29, 0.717) is 25.7 Å². The van der Waals surface area contributed by atoms with Crippen molar-refractivity contribution in [3.63, 3.8) is 0 Å². The van der Waals surface area contributed by atoms with Crippen molar-refractivity contribution in [2.75, 3.05) is 13.2 Å². The van der Waals surface area contributed by atoms with E-state index in [2.05, 4.69) is 111 Å². The highest BCUT2D eigenvalue weighted by molar-refractivity contribution is 7.47. The quantitative estimate of drug-likeness (QED) is 0.0155. The fourth-order valence-electron chi connectivity index (χ4n) is 5.77. The van der Waals surface area contributed by atoms with E-state index in [1.807, 2.05) is 24.3 Å². The molecule has 1 rings (SSSR count). The van der Waals surface area contributed by atoms with E-state index in [9.17, 15) is 44.6 Å². The fourth-order valence-corrected chi connectivity index (χ4v) is 6.74. The Hall–Kier alpha value is -3.75. The summed E-state index contributed by atoms with van der Waals surface area (Å²) in [6.07, 6.45) is 39.8. The Bertz CT molecular complexity index is 1560. The molecule has 0 amide bonds. The number of esters is 2. The molecule has 0 aliphatic heterocycles. The molecule has 1 saturated carbocycles. The number of hydrogen-bond donors (Lipinski definition) is 6. The molecule has 8 atom stereocenters. The standard InChI is InChI=1S/C49H75O13P/c1-3-5-7-9-11-13-15-17-19-21-23-25-27-29-31-33-35-37-42(50)59-39-41(40-60-63(57,58)62-49-47(55)45(53)44(52)46(54)48(49)56)61-43(51)38-36-34-32-30-28-26-24-22-20-18-16-14-12-10-8-6-4-2/h5-8,11-14,17-20,23-26,29-32,41,44-49,52-56H,3-4,9-10,15-16,21-22,27-28,33-40H2,1-2H3,(H,57,58)/b7-5-,8-6-,13-11-,14-12-,19-17-,20-18-,25-23-,26-24-,31-29-,32-30-/t41-,44?,45-,46?,47?,48?,49?/m1/s1. The molecule has 0 radical (unpaired) electrons. The predicted molar refractivity (Wildman–Crippen MR) is 248 cm³/mol. The van der Waals surface area contributed by atoms with Gasteiger partial charge in [-0.2, -0.15) is 0 Å². The molecule has 13 nitrogen and oxygen atoms in total. The molecule has 1 fully saturated rings. The van der Waals surface area contributed by atoms with E-state index in [0.717, 1.165) is 64.2 Å². The van der Waals surface area contributed by atoms with Gasteiger partial charge in [-0.25, -0.2) is 4.57 Å². The van der Waals surface area contributed by atoms with Crippen LogP contribution in [-0.2, 0) is 32.7 Å². The van der Waals surface area contributed by atoms with E-state index in [4.69, 9.17) is 18.5 Å². The van der Waals surface area contributed by atoms with Crippen molar-refractivity contribution >= 4 is 19.8 Å². The van der Waals surface area contributed by atoms with Crippen LogP contribution in [0.15, 0.2) is 122 Å². The molecule has 6 N–H and O–H groups in total. The van der Waals surface area contributed by atoms with Gasteiger partial charge in [0.2, 0.25) is 0 Å². The summed E-state index contributed by atoms with van der Waals surface area (Å²) in [5.74, 6) is -1.25. The third-order valence-corrected chi connectivity index (χ3v) is 10.3. The van der Waals surface area contributed by atoms with Crippen LogP contribution < -0.4 is 0 Å².